The largest absolute Gasteiger partial charge is 0.481 e. The fourth-order valence-corrected chi connectivity index (χ4v) is 1.78. The molecule has 1 heterocycles. The van der Waals surface area contributed by atoms with E-state index in [9.17, 15) is 4.79 Å². The van der Waals surface area contributed by atoms with Gasteiger partial charge in [-0.25, -0.2) is 4.98 Å². The van der Waals surface area contributed by atoms with Gasteiger partial charge in [-0.15, -0.1) is 0 Å². The number of ether oxygens (including phenoxy) is 1. The van der Waals surface area contributed by atoms with Crippen LogP contribution in [0.1, 0.15) is 18.1 Å². The fourth-order valence-electron chi connectivity index (χ4n) is 1.78. The van der Waals surface area contributed by atoms with Crippen molar-refractivity contribution in [1.82, 2.24) is 4.98 Å². The van der Waals surface area contributed by atoms with Gasteiger partial charge in [0.15, 0.2) is 6.10 Å². The van der Waals surface area contributed by atoms with E-state index in [2.05, 4.69) is 10.3 Å². The van der Waals surface area contributed by atoms with Crippen molar-refractivity contribution in [3.8, 4) is 5.75 Å². The number of nitrogens with zero attached hydrogens (tertiary/aromatic N) is 1. The highest BCUT2D eigenvalue weighted by atomic mass is 16.5. The van der Waals surface area contributed by atoms with Gasteiger partial charge in [-0.1, -0.05) is 18.2 Å². The molecule has 0 aliphatic rings. The van der Waals surface area contributed by atoms with Crippen molar-refractivity contribution in [3.63, 3.8) is 0 Å². The van der Waals surface area contributed by atoms with Crippen LogP contribution >= 0.6 is 0 Å². The second-order valence-corrected chi connectivity index (χ2v) is 4.73. The first-order valence-corrected chi connectivity index (χ1v) is 6.52. The number of hydrogen-bond donors (Lipinski definition) is 1. The first kappa shape index (κ1) is 14.1. The smallest absolute Gasteiger partial charge is 0.266 e. The highest BCUT2D eigenvalue weighted by Crippen LogP contribution is 2.15. The maximum atomic E-state index is 12.1. The lowest BCUT2D eigenvalue weighted by molar-refractivity contribution is -0.122. The first-order valence-electron chi connectivity index (χ1n) is 6.52. The number of aromatic nitrogens is 1. The summed E-state index contributed by atoms with van der Waals surface area (Å²) in [5.41, 5.74) is 2.01. The Kier molecular flexibility index (Phi) is 4.35. The van der Waals surface area contributed by atoms with E-state index in [-0.39, 0.29) is 5.91 Å². The molecule has 1 N–H and O–H groups in total. The molecule has 2 aromatic rings. The lowest BCUT2D eigenvalue weighted by atomic mass is 10.2. The summed E-state index contributed by atoms with van der Waals surface area (Å²) in [6, 6.07) is 11.3. The second kappa shape index (κ2) is 6.19. The van der Waals surface area contributed by atoms with Crippen molar-refractivity contribution in [3.05, 3.63) is 53.7 Å². The highest BCUT2D eigenvalue weighted by Gasteiger charge is 2.16. The van der Waals surface area contributed by atoms with E-state index >= 15 is 0 Å². The number of anilines is 1. The average Bonchev–Trinajstić information content (AvgIpc) is 2.41. The Bertz CT molecular complexity index is 611. The summed E-state index contributed by atoms with van der Waals surface area (Å²) >= 11 is 0. The Balaban J connectivity index is 2.01. The van der Waals surface area contributed by atoms with Gasteiger partial charge < -0.3 is 10.1 Å². The molecule has 0 radical (unpaired) electrons. The number of benzene rings is 1. The van der Waals surface area contributed by atoms with Gasteiger partial charge in [0.05, 0.1) is 0 Å². The molecule has 4 heteroatoms. The van der Waals surface area contributed by atoms with Gasteiger partial charge >= 0.3 is 0 Å². The molecule has 0 saturated heterocycles. The van der Waals surface area contributed by atoms with Crippen LogP contribution in [0, 0.1) is 13.8 Å². The molecule has 2 rings (SSSR count). The molecule has 1 aromatic carbocycles. The van der Waals surface area contributed by atoms with Crippen molar-refractivity contribution in [1.29, 1.82) is 0 Å². The standard InChI is InChI=1S/C16H18N2O2/c1-11-6-4-8-14(10-11)20-13(3)16(19)18-15-12(2)7-5-9-17-15/h4-10,13H,1-3H3,(H,17,18,19)/t13-/m0/s1. The van der Waals surface area contributed by atoms with E-state index in [0.29, 0.717) is 11.6 Å². The molecular weight excluding hydrogens is 252 g/mol. The lowest BCUT2D eigenvalue weighted by Crippen LogP contribution is -2.30. The minimum absolute atomic E-state index is 0.215. The van der Waals surface area contributed by atoms with E-state index in [4.69, 9.17) is 4.74 Å². The van der Waals surface area contributed by atoms with Crippen LogP contribution in [0.4, 0.5) is 5.82 Å². The highest BCUT2D eigenvalue weighted by molar-refractivity contribution is 5.93. The summed E-state index contributed by atoms with van der Waals surface area (Å²) in [6.07, 6.45) is 1.06. The molecule has 0 bridgehead atoms. The molecular formula is C16H18N2O2. The normalized spacial score (nSPS) is 11.8. The Labute approximate surface area is 118 Å². The van der Waals surface area contributed by atoms with Gasteiger partial charge in [0.2, 0.25) is 0 Å². The zero-order valence-corrected chi connectivity index (χ0v) is 11.9. The third kappa shape index (κ3) is 3.57. The molecule has 0 spiro atoms. The molecule has 20 heavy (non-hydrogen) atoms. The quantitative estimate of drug-likeness (QED) is 0.928. The summed E-state index contributed by atoms with van der Waals surface area (Å²) in [7, 11) is 0. The van der Waals surface area contributed by atoms with Gasteiger partial charge in [-0.05, 0) is 50.1 Å². The summed E-state index contributed by atoms with van der Waals surface area (Å²) in [6.45, 7) is 5.60. The van der Waals surface area contributed by atoms with E-state index in [0.717, 1.165) is 11.1 Å². The van der Waals surface area contributed by atoms with Crippen LogP contribution in [0.2, 0.25) is 0 Å². The molecule has 0 aliphatic heterocycles. The molecule has 1 amide bonds. The number of amides is 1. The Morgan fingerprint density at radius 3 is 2.75 bits per heavy atom. The summed E-state index contributed by atoms with van der Waals surface area (Å²) in [5.74, 6) is 1.04. The third-order valence-electron chi connectivity index (χ3n) is 2.92. The zero-order chi connectivity index (χ0) is 14.5. The Morgan fingerprint density at radius 1 is 1.25 bits per heavy atom. The van der Waals surface area contributed by atoms with Crippen LogP contribution in [-0.2, 0) is 4.79 Å². The molecule has 0 fully saturated rings. The Morgan fingerprint density at radius 2 is 2.05 bits per heavy atom. The monoisotopic (exact) mass is 270 g/mol. The van der Waals surface area contributed by atoms with E-state index in [1.807, 2.05) is 50.2 Å². The molecule has 1 aromatic heterocycles. The number of nitrogens with one attached hydrogen (secondary N) is 1. The van der Waals surface area contributed by atoms with Crippen molar-refractivity contribution in [2.24, 2.45) is 0 Å². The average molecular weight is 270 g/mol. The van der Waals surface area contributed by atoms with Gasteiger partial charge in [-0.3, -0.25) is 4.79 Å². The molecule has 0 saturated carbocycles. The third-order valence-corrected chi connectivity index (χ3v) is 2.92. The van der Waals surface area contributed by atoms with Crippen LogP contribution in [0.15, 0.2) is 42.6 Å². The number of hydrogen-bond acceptors (Lipinski definition) is 3. The minimum Gasteiger partial charge on any atom is -0.481 e. The zero-order valence-electron chi connectivity index (χ0n) is 11.9. The summed E-state index contributed by atoms with van der Waals surface area (Å²) < 4.78 is 5.63. The van der Waals surface area contributed by atoms with Crippen molar-refractivity contribution in [2.45, 2.75) is 26.9 Å². The summed E-state index contributed by atoms with van der Waals surface area (Å²) in [5, 5.41) is 2.77. The van der Waals surface area contributed by atoms with Crippen LogP contribution in [-0.4, -0.2) is 17.0 Å². The number of carbonyl (C=O) groups is 1. The fraction of sp³-hybridized carbons (Fsp3) is 0.250. The minimum atomic E-state index is -0.585. The Hall–Kier alpha value is -2.36. The van der Waals surface area contributed by atoms with E-state index in [1.54, 1.807) is 13.1 Å². The molecule has 1 atom stereocenters. The predicted octanol–water partition coefficient (Wildman–Crippen LogP) is 3.10. The number of pyridine rings is 1. The SMILES string of the molecule is Cc1cccc(O[C@@H](C)C(=O)Nc2ncccc2C)c1. The van der Waals surface area contributed by atoms with E-state index < -0.39 is 6.10 Å². The predicted molar refractivity (Wildman–Crippen MR) is 78.9 cm³/mol. The van der Waals surface area contributed by atoms with Crippen molar-refractivity contribution in [2.75, 3.05) is 5.32 Å². The second-order valence-electron chi connectivity index (χ2n) is 4.73. The van der Waals surface area contributed by atoms with Gasteiger partial charge in [0.1, 0.15) is 11.6 Å². The first-order chi connectivity index (χ1) is 9.56. The summed E-state index contributed by atoms with van der Waals surface area (Å²) in [4.78, 5) is 16.2. The van der Waals surface area contributed by atoms with Gasteiger partial charge in [-0.2, -0.15) is 0 Å². The van der Waals surface area contributed by atoms with Crippen molar-refractivity contribution < 1.29 is 9.53 Å². The number of rotatable bonds is 4. The topological polar surface area (TPSA) is 51.2 Å². The number of carbonyl (C=O) groups excluding carboxylic acids is 1. The van der Waals surface area contributed by atoms with E-state index in [1.165, 1.54) is 0 Å². The molecule has 104 valence electrons. The maximum absolute atomic E-state index is 12.1. The molecule has 0 aliphatic carbocycles. The molecule has 4 nitrogen and oxygen atoms in total. The van der Waals surface area contributed by atoms with Crippen LogP contribution in [0.25, 0.3) is 0 Å². The van der Waals surface area contributed by atoms with Gasteiger partial charge in [0, 0.05) is 6.20 Å². The molecule has 0 unspecified atom stereocenters. The van der Waals surface area contributed by atoms with Crippen LogP contribution in [0.5, 0.6) is 5.75 Å². The number of aryl methyl sites for hydroxylation is 2. The van der Waals surface area contributed by atoms with Crippen LogP contribution < -0.4 is 10.1 Å². The maximum Gasteiger partial charge on any atom is 0.266 e. The van der Waals surface area contributed by atoms with Crippen LogP contribution in [0.3, 0.4) is 0 Å². The van der Waals surface area contributed by atoms with Crippen molar-refractivity contribution >= 4 is 11.7 Å². The van der Waals surface area contributed by atoms with Gasteiger partial charge in [0.25, 0.3) is 5.91 Å². The lowest BCUT2D eigenvalue weighted by Gasteiger charge is -2.15.